The Bertz CT molecular complexity index is 808. The molecule has 0 radical (unpaired) electrons. The number of ether oxygens (including phenoxy) is 1. The summed E-state index contributed by atoms with van der Waals surface area (Å²) in [5, 5.41) is 0.685. The summed E-state index contributed by atoms with van der Waals surface area (Å²) in [4.78, 5) is 32.1. The van der Waals surface area contributed by atoms with Gasteiger partial charge in [0.1, 0.15) is 18.2 Å². The Hall–Kier alpha value is -2.28. The molecular formula is C17H19BrN2O4. The van der Waals surface area contributed by atoms with Crippen LogP contribution in [0.2, 0.25) is 0 Å². The largest absolute Gasteiger partial charge is 0.462 e. The highest BCUT2D eigenvalue weighted by Gasteiger charge is 2.26. The fourth-order valence-corrected chi connectivity index (χ4v) is 2.89. The maximum absolute atomic E-state index is 13.0. The van der Waals surface area contributed by atoms with Gasteiger partial charge in [-0.25, -0.2) is 4.79 Å². The minimum absolute atomic E-state index is 0.0306. The number of hydrogen-bond acceptors (Lipinski definition) is 5. The van der Waals surface area contributed by atoms with Gasteiger partial charge in [0.05, 0.1) is 18.4 Å². The summed E-state index contributed by atoms with van der Waals surface area (Å²) in [6, 6.07) is 5.48. The molecule has 0 spiro atoms. The summed E-state index contributed by atoms with van der Waals surface area (Å²) in [6.45, 7) is 1.89. The van der Waals surface area contributed by atoms with Crippen LogP contribution in [0.5, 0.6) is 0 Å². The molecule has 2 aromatic rings. The van der Waals surface area contributed by atoms with E-state index < -0.39 is 11.8 Å². The minimum atomic E-state index is -0.649. The van der Waals surface area contributed by atoms with E-state index in [9.17, 15) is 9.59 Å². The Morgan fingerprint density at radius 3 is 2.62 bits per heavy atom. The molecule has 6 nitrogen and oxygen atoms in total. The lowest BCUT2D eigenvalue weighted by molar-refractivity contribution is -0.138. The van der Waals surface area contributed by atoms with Crippen LogP contribution < -0.4 is 4.84 Å². The molecule has 0 aliphatic heterocycles. The molecule has 0 amide bonds. The average Bonchev–Trinajstić information content (AvgIpc) is 2.92. The molecule has 0 unspecified atom stereocenters. The first-order valence-corrected chi connectivity index (χ1v) is 8.14. The minimum Gasteiger partial charge on any atom is -0.462 e. The Labute approximate surface area is 148 Å². The number of Topliss-reactive ketones (excluding diaryl/α,β-unsaturated/α-hetero) is 1. The fourth-order valence-electron chi connectivity index (χ4n) is 2.35. The zero-order valence-electron chi connectivity index (χ0n) is 14.0. The van der Waals surface area contributed by atoms with Crippen molar-refractivity contribution in [3.05, 3.63) is 46.2 Å². The molecule has 1 aromatic carbocycles. The van der Waals surface area contributed by atoms with Crippen LogP contribution >= 0.6 is 15.9 Å². The quantitative estimate of drug-likeness (QED) is 0.248. The Morgan fingerprint density at radius 2 is 2.04 bits per heavy atom. The fraction of sp³-hybridized carbons (Fsp3) is 0.294. The predicted molar refractivity (Wildman–Crippen MR) is 94.9 cm³/mol. The molecule has 24 heavy (non-hydrogen) atoms. The summed E-state index contributed by atoms with van der Waals surface area (Å²) in [5.41, 5.74) is 1.06. The first-order valence-electron chi connectivity index (χ1n) is 7.34. The number of benzene rings is 1. The van der Waals surface area contributed by atoms with Crippen LogP contribution in [0.25, 0.3) is 10.9 Å². The van der Waals surface area contributed by atoms with E-state index in [1.807, 2.05) is 12.1 Å². The lowest BCUT2D eigenvalue weighted by atomic mass is 10.0. The van der Waals surface area contributed by atoms with Gasteiger partial charge in [-0.2, -0.15) is 4.73 Å². The maximum Gasteiger partial charge on any atom is 0.343 e. The van der Waals surface area contributed by atoms with E-state index in [0.717, 1.165) is 9.99 Å². The number of nitrogens with zero attached hydrogens (tertiary/aromatic N) is 2. The van der Waals surface area contributed by atoms with Crippen molar-refractivity contribution in [3.63, 3.8) is 0 Å². The van der Waals surface area contributed by atoms with E-state index >= 15 is 0 Å². The molecule has 1 heterocycles. The summed E-state index contributed by atoms with van der Waals surface area (Å²) >= 11 is 3.46. The van der Waals surface area contributed by atoms with Crippen LogP contribution in [-0.2, 0) is 9.53 Å². The van der Waals surface area contributed by atoms with Crippen LogP contribution in [0.4, 0.5) is 0 Å². The zero-order valence-corrected chi connectivity index (χ0v) is 15.6. The van der Waals surface area contributed by atoms with Gasteiger partial charge in [0.2, 0.25) is 5.78 Å². The average molecular weight is 395 g/mol. The van der Waals surface area contributed by atoms with Crippen LogP contribution in [-0.4, -0.2) is 49.2 Å². The van der Waals surface area contributed by atoms with E-state index in [2.05, 4.69) is 15.9 Å². The normalized spacial score (nSPS) is 11.5. The highest BCUT2D eigenvalue weighted by atomic mass is 79.9. The van der Waals surface area contributed by atoms with Crippen LogP contribution in [0.1, 0.15) is 17.3 Å². The van der Waals surface area contributed by atoms with Gasteiger partial charge >= 0.3 is 5.97 Å². The lowest BCUT2D eigenvalue weighted by Gasteiger charge is -2.10. The summed E-state index contributed by atoms with van der Waals surface area (Å²) in [6.07, 6.45) is 3.04. The van der Waals surface area contributed by atoms with Gasteiger partial charge in [-0.1, -0.05) is 12.1 Å². The number of rotatable bonds is 6. The number of halogens is 1. The summed E-state index contributed by atoms with van der Waals surface area (Å²) in [7, 11) is 4.98. The number of carbonyl (C=O) groups excluding carboxylic acids is 2. The van der Waals surface area contributed by atoms with Crippen LogP contribution in [0.3, 0.4) is 0 Å². The third kappa shape index (κ3) is 3.46. The van der Waals surface area contributed by atoms with Crippen molar-refractivity contribution in [3.8, 4) is 0 Å². The molecule has 0 N–H and O–H groups in total. The standard InChI is InChI=1S/C17H19BrN2O4/c1-5-24-17(22)13(9-19(2)3)16(21)12-10-20(23-4)15-11(12)7-6-8-14(15)18/h6-10H,5H2,1-4H3. The molecule has 0 aliphatic carbocycles. The van der Waals surface area contributed by atoms with Crippen molar-refractivity contribution < 1.29 is 19.2 Å². The Kier molecular flexibility index (Phi) is 5.66. The van der Waals surface area contributed by atoms with Gasteiger partial charge in [-0.3, -0.25) is 4.79 Å². The molecule has 0 saturated heterocycles. The Balaban J connectivity index is 2.61. The van der Waals surface area contributed by atoms with Crippen molar-refractivity contribution in [2.24, 2.45) is 0 Å². The van der Waals surface area contributed by atoms with Gasteiger partial charge < -0.3 is 14.5 Å². The summed E-state index contributed by atoms with van der Waals surface area (Å²) in [5.74, 6) is -1.06. The monoisotopic (exact) mass is 394 g/mol. The number of esters is 1. The maximum atomic E-state index is 13.0. The third-order valence-corrected chi connectivity index (χ3v) is 3.95. The second-order valence-corrected chi connectivity index (χ2v) is 6.10. The smallest absolute Gasteiger partial charge is 0.343 e. The molecule has 1 aromatic heterocycles. The predicted octanol–water partition coefficient (Wildman–Crippen LogP) is 2.65. The van der Waals surface area contributed by atoms with Crippen LogP contribution in [0, 0.1) is 0 Å². The third-order valence-electron chi connectivity index (χ3n) is 3.31. The number of para-hydroxylation sites is 1. The molecular weight excluding hydrogens is 376 g/mol. The van der Waals surface area contributed by atoms with E-state index in [4.69, 9.17) is 9.57 Å². The molecule has 7 heteroatoms. The number of carbonyl (C=O) groups is 2. The summed E-state index contributed by atoms with van der Waals surface area (Å²) < 4.78 is 7.29. The molecule has 0 atom stereocenters. The topological polar surface area (TPSA) is 60.8 Å². The molecule has 2 rings (SSSR count). The zero-order chi connectivity index (χ0) is 17.9. The molecule has 0 aliphatic rings. The van der Waals surface area contributed by atoms with Gasteiger partial charge in [-0.15, -0.1) is 0 Å². The van der Waals surface area contributed by atoms with Crippen molar-refractivity contribution in [2.75, 3.05) is 27.8 Å². The first kappa shape index (κ1) is 18.1. The van der Waals surface area contributed by atoms with Crippen molar-refractivity contribution >= 4 is 38.6 Å². The SMILES string of the molecule is CCOC(=O)C(=CN(C)C)C(=O)c1cn(OC)c2c(Br)cccc12. The number of aromatic nitrogens is 1. The van der Waals surface area contributed by atoms with Gasteiger partial charge in [-0.05, 0) is 28.9 Å². The van der Waals surface area contributed by atoms with Crippen molar-refractivity contribution in [2.45, 2.75) is 6.92 Å². The molecule has 0 saturated carbocycles. The second-order valence-electron chi connectivity index (χ2n) is 5.24. The van der Waals surface area contributed by atoms with Gasteiger partial charge in [0.15, 0.2) is 0 Å². The number of ketones is 1. The van der Waals surface area contributed by atoms with Crippen LogP contribution in [0.15, 0.2) is 40.6 Å². The Morgan fingerprint density at radius 1 is 1.33 bits per heavy atom. The van der Waals surface area contributed by atoms with E-state index in [-0.39, 0.29) is 12.2 Å². The molecule has 0 fully saturated rings. The molecule has 0 bridgehead atoms. The van der Waals surface area contributed by atoms with Crippen molar-refractivity contribution in [1.29, 1.82) is 0 Å². The van der Waals surface area contributed by atoms with Gasteiger partial charge in [0.25, 0.3) is 0 Å². The van der Waals surface area contributed by atoms with E-state index in [1.54, 1.807) is 38.2 Å². The second kappa shape index (κ2) is 7.53. The van der Waals surface area contributed by atoms with Crippen molar-refractivity contribution in [1.82, 2.24) is 9.63 Å². The highest BCUT2D eigenvalue weighted by molar-refractivity contribution is 9.10. The van der Waals surface area contributed by atoms with Gasteiger partial charge in [0, 0.05) is 30.2 Å². The van der Waals surface area contributed by atoms with E-state index in [0.29, 0.717) is 10.9 Å². The molecule has 128 valence electrons. The highest BCUT2D eigenvalue weighted by Crippen LogP contribution is 2.29. The number of hydrogen-bond donors (Lipinski definition) is 0. The van der Waals surface area contributed by atoms with E-state index in [1.165, 1.54) is 18.0 Å². The first-order chi connectivity index (χ1) is 11.4. The number of fused-ring (bicyclic) bond motifs is 1. The lowest BCUT2D eigenvalue weighted by Crippen LogP contribution is -2.19.